The molecule has 4 rings (SSSR count). The van der Waals surface area contributed by atoms with Gasteiger partial charge < -0.3 is 5.11 Å². The number of benzene rings is 2. The van der Waals surface area contributed by atoms with E-state index in [9.17, 15) is 9.90 Å². The molecule has 1 aliphatic rings. The Morgan fingerprint density at radius 1 is 1.21 bits per heavy atom. The Labute approximate surface area is 169 Å². The SMILES string of the molecule is CCc1cc(-c2cccc3ncnc(C4CCCC(C(=O)O)C4)c23)ccc1Cl. The number of nitrogens with zero attached hydrogens (tertiary/aromatic N) is 2. The summed E-state index contributed by atoms with van der Waals surface area (Å²) in [6.45, 7) is 2.09. The second-order valence-electron chi connectivity index (χ2n) is 7.52. The number of carboxylic acid groups (broad SMARTS) is 1. The van der Waals surface area contributed by atoms with Crippen molar-refractivity contribution in [3.05, 3.63) is 59.0 Å². The normalized spacial score (nSPS) is 19.6. The van der Waals surface area contributed by atoms with Crippen molar-refractivity contribution in [2.75, 3.05) is 0 Å². The minimum absolute atomic E-state index is 0.138. The van der Waals surface area contributed by atoms with Crippen LogP contribution in [0.3, 0.4) is 0 Å². The highest BCUT2D eigenvalue weighted by molar-refractivity contribution is 6.31. The van der Waals surface area contributed by atoms with Crippen molar-refractivity contribution in [3.63, 3.8) is 0 Å². The van der Waals surface area contributed by atoms with Crippen LogP contribution in [-0.2, 0) is 11.2 Å². The van der Waals surface area contributed by atoms with E-state index >= 15 is 0 Å². The fourth-order valence-corrected chi connectivity index (χ4v) is 4.61. The lowest BCUT2D eigenvalue weighted by atomic mass is 9.78. The third-order valence-electron chi connectivity index (χ3n) is 5.84. The van der Waals surface area contributed by atoms with E-state index in [4.69, 9.17) is 11.6 Å². The fourth-order valence-electron chi connectivity index (χ4n) is 4.36. The van der Waals surface area contributed by atoms with Gasteiger partial charge in [0.1, 0.15) is 6.33 Å². The van der Waals surface area contributed by atoms with Crippen molar-refractivity contribution in [1.29, 1.82) is 0 Å². The van der Waals surface area contributed by atoms with E-state index < -0.39 is 5.97 Å². The maximum atomic E-state index is 11.5. The van der Waals surface area contributed by atoms with Crippen molar-refractivity contribution in [2.45, 2.75) is 44.9 Å². The van der Waals surface area contributed by atoms with Crippen LogP contribution in [0.1, 0.15) is 49.8 Å². The maximum Gasteiger partial charge on any atom is 0.306 e. The fraction of sp³-hybridized carbons (Fsp3) is 0.348. The van der Waals surface area contributed by atoms with Crippen LogP contribution in [0.2, 0.25) is 5.02 Å². The van der Waals surface area contributed by atoms with Crippen molar-refractivity contribution in [1.82, 2.24) is 9.97 Å². The van der Waals surface area contributed by atoms with E-state index in [1.807, 2.05) is 24.3 Å². The number of halogens is 1. The maximum absolute atomic E-state index is 11.5. The van der Waals surface area contributed by atoms with E-state index in [-0.39, 0.29) is 11.8 Å². The third-order valence-corrected chi connectivity index (χ3v) is 6.21. The number of fused-ring (bicyclic) bond motifs is 1. The van der Waals surface area contributed by atoms with Gasteiger partial charge in [-0.1, -0.05) is 43.1 Å². The van der Waals surface area contributed by atoms with Gasteiger partial charge in [0.05, 0.1) is 17.1 Å². The third kappa shape index (κ3) is 3.49. The highest BCUT2D eigenvalue weighted by atomic mass is 35.5. The molecule has 0 bridgehead atoms. The smallest absolute Gasteiger partial charge is 0.306 e. The van der Waals surface area contributed by atoms with Gasteiger partial charge in [-0.2, -0.15) is 0 Å². The quantitative estimate of drug-likeness (QED) is 0.600. The van der Waals surface area contributed by atoms with Crippen molar-refractivity contribution in [2.24, 2.45) is 5.92 Å². The van der Waals surface area contributed by atoms with Gasteiger partial charge in [-0.15, -0.1) is 0 Å². The number of aromatic nitrogens is 2. The van der Waals surface area contributed by atoms with E-state index in [0.717, 1.165) is 64.0 Å². The lowest BCUT2D eigenvalue weighted by molar-refractivity contribution is -0.143. The van der Waals surface area contributed by atoms with Gasteiger partial charge in [-0.05, 0) is 60.6 Å². The molecule has 1 fully saturated rings. The summed E-state index contributed by atoms with van der Waals surface area (Å²) >= 11 is 6.32. The first-order valence-electron chi connectivity index (χ1n) is 9.83. The first-order valence-corrected chi connectivity index (χ1v) is 10.2. The molecule has 2 unspecified atom stereocenters. The number of rotatable bonds is 4. The van der Waals surface area contributed by atoms with Crippen LogP contribution in [0, 0.1) is 5.92 Å². The Bertz CT molecular complexity index is 1030. The van der Waals surface area contributed by atoms with Crippen molar-refractivity contribution in [3.8, 4) is 11.1 Å². The number of hydrogen-bond donors (Lipinski definition) is 1. The average Bonchev–Trinajstić information content (AvgIpc) is 2.73. The van der Waals surface area contributed by atoms with Crippen molar-refractivity contribution < 1.29 is 9.90 Å². The molecule has 0 radical (unpaired) electrons. The zero-order valence-electron chi connectivity index (χ0n) is 15.9. The molecule has 2 atom stereocenters. The Hall–Kier alpha value is -2.46. The van der Waals surface area contributed by atoms with Gasteiger partial charge in [0.15, 0.2) is 0 Å². The largest absolute Gasteiger partial charge is 0.481 e. The molecule has 4 nitrogen and oxygen atoms in total. The van der Waals surface area contributed by atoms with E-state index in [1.54, 1.807) is 6.33 Å². The summed E-state index contributed by atoms with van der Waals surface area (Å²) in [6, 6.07) is 12.2. The molecule has 3 aromatic rings. The molecule has 144 valence electrons. The molecule has 0 spiro atoms. The second-order valence-corrected chi connectivity index (χ2v) is 7.92. The van der Waals surface area contributed by atoms with E-state index in [0.29, 0.717) is 6.42 Å². The minimum atomic E-state index is -0.700. The molecule has 1 aromatic heterocycles. The molecule has 28 heavy (non-hydrogen) atoms. The van der Waals surface area contributed by atoms with Crippen molar-refractivity contribution >= 4 is 28.5 Å². The van der Waals surface area contributed by atoms with Gasteiger partial charge in [-0.3, -0.25) is 4.79 Å². The molecule has 1 N–H and O–H groups in total. The number of aryl methyl sites for hydroxylation is 1. The second kappa shape index (κ2) is 7.88. The number of carboxylic acids is 1. The van der Waals surface area contributed by atoms with Gasteiger partial charge in [0, 0.05) is 16.3 Å². The van der Waals surface area contributed by atoms with Crippen LogP contribution >= 0.6 is 11.6 Å². The predicted octanol–water partition coefficient (Wildman–Crippen LogP) is 5.87. The zero-order chi connectivity index (χ0) is 19.7. The Morgan fingerprint density at radius 3 is 2.86 bits per heavy atom. The summed E-state index contributed by atoms with van der Waals surface area (Å²) < 4.78 is 0. The highest BCUT2D eigenvalue weighted by Crippen LogP contribution is 2.41. The van der Waals surface area contributed by atoms with Gasteiger partial charge in [-0.25, -0.2) is 9.97 Å². The summed E-state index contributed by atoms with van der Waals surface area (Å²) in [4.78, 5) is 20.7. The minimum Gasteiger partial charge on any atom is -0.481 e. The standard InChI is InChI=1S/C23H23ClN2O2/c1-2-14-11-15(9-10-19(14)24)18-7-4-8-20-21(18)22(26-13-25-20)16-5-3-6-17(12-16)23(27)28/h4,7-11,13,16-17H,2-3,5-6,12H2,1H3,(H,27,28). The zero-order valence-corrected chi connectivity index (χ0v) is 16.6. The van der Waals surface area contributed by atoms with Crippen LogP contribution in [0.15, 0.2) is 42.7 Å². The molecule has 0 saturated heterocycles. The molecule has 0 amide bonds. The highest BCUT2D eigenvalue weighted by Gasteiger charge is 2.30. The Morgan fingerprint density at radius 2 is 2.07 bits per heavy atom. The average molecular weight is 395 g/mol. The van der Waals surface area contributed by atoms with Crippen LogP contribution in [0.5, 0.6) is 0 Å². The molecular weight excluding hydrogens is 372 g/mol. The number of aliphatic carboxylic acids is 1. The molecule has 1 heterocycles. The summed E-state index contributed by atoms with van der Waals surface area (Å²) in [5.74, 6) is -0.855. The summed E-state index contributed by atoms with van der Waals surface area (Å²) in [7, 11) is 0. The molecule has 1 saturated carbocycles. The molecule has 5 heteroatoms. The van der Waals surface area contributed by atoms with E-state index in [1.165, 1.54) is 0 Å². The Kier molecular flexibility index (Phi) is 5.31. The molecule has 2 aromatic carbocycles. The Balaban J connectivity index is 1.86. The summed E-state index contributed by atoms with van der Waals surface area (Å²) in [5.41, 5.74) is 5.15. The molecule has 0 aliphatic heterocycles. The molecular formula is C23H23ClN2O2. The van der Waals surface area contributed by atoms with Crippen LogP contribution in [-0.4, -0.2) is 21.0 Å². The van der Waals surface area contributed by atoms with Crippen LogP contribution in [0.4, 0.5) is 0 Å². The van der Waals surface area contributed by atoms with Gasteiger partial charge in [0.25, 0.3) is 0 Å². The number of carbonyl (C=O) groups is 1. The summed E-state index contributed by atoms with van der Waals surface area (Å²) in [5, 5.41) is 11.3. The topological polar surface area (TPSA) is 63.1 Å². The van der Waals surface area contributed by atoms with Crippen LogP contribution in [0.25, 0.3) is 22.0 Å². The van der Waals surface area contributed by atoms with Gasteiger partial charge >= 0.3 is 5.97 Å². The summed E-state index contributed by atoms with van der Waals surface area (Å²) in [6.07, 6.45) is 5.73. The van der Waals surface area contributed by atoms with Crippen LogP contribution < -0.4 is 0 Å². The number of hydrogen-bond acceptors (Lipinski definition) is 3. The first kappa shape index (κ1) is 18.9. The van der Waals surface area contributed by atoms with Gasteiger partial charge in [0.2, 0.25) is 0 Å². The monoisotopic (exact) mass is 394 g/mol. The van der Waals surface area contributed by atoms with E-state index in [2.05, 4.69) is 29.0 Å². The lowest BCUT2D eigenvalue weighted by Crippen LogP contribution is -2.22. The lowest BCUT2D eigenvalue weighted by Gasteiger charge is -2.27. The molecule has 1 aliphatic carbocycles. The predicted molar refractivity (Wildman–Crippen MR) is 112 cm³/mol. The first-order chi connectivity index (χ1) is 13.6.